The highest BCUT2D eigenvalue weighted by Crippen LogP contribution is 2.34. The summed E-state index contributed by atoms with van der Waals surface area (Å²) in [4.78, 5) is 35.4. The second kappa shape index (κ2) is 8.42. The maximum Gasteiger partial charge on any atom is 0.341 e. The van der Waals surface area contributed by atoms with Crippen molar-refractivity contribution < 1.29 is 28.0 Å². The number of halogens is 2. The second-order valence-electron chi connectivity index (χ2n) is 5.79. The number of alkyl halides is 2. The summed E-state index contributed by atoms with van der Waals surface area (Å²) in [6.07, 6.45) is -3.15. The molecule has 1 amide bonds. The van der Waals surface area contributed by atoms with E-state index in [2.05, 4.69) is 10.4 Å². The van der Waals surface area contributed by atoms with Gasteiger partial charge in [-0.15, -0.1) is 11.3 Å². The first-order valence-electron chi connectivity index (χ1n) is 8.15. The molecule has 28 heavy (non-hydrogen) atoms. The van der Waals surface area contributed by atoms with Crippen molar-refractivity contribution in [3.8, 4) is 0 Å². The van der Waals surface area contributed by atoms with E-state index < -0.39 is 41.2 Å². The highest BCUT2D eigenvalue weighted by atomic mass is 32.1. The first-order chi connectivity index (χ1) is 13.1. The lowest BCUT2D eigenvalue weighted by molar-refractivity contribution is -0.386. The number of carbonyl (C=O) groups excluding carboxylic acids is 2. The number of ether oxygens (including phenoxy) is 1. The Morgan fingerprint density at radius 2 is 2.00 bits per heavy atom. The van der Waals surface area contributed by atoms with Crippen molar-refractivity contribution in [2.75, 3.05) is 11.9 Å². The molecule has 0 unspecified atom stereocenters. The molecule has 0 aromatic carbocycles. The summed E-state index contributed by atoms with van der Waals surface area (Å²) in [6.45, 7) is 6.00. The number of thiophene rings is 1. The van der Waals surface area contributed by atoms with Gasteiger partial charge >= 0.3 is 11.7 Å². The SMILES string of the molecule is CCOC(=O)c1c(NC(=O)Cn2nc(C(F)F)c([N+](=O)[O-])c2C)sc(C)c1C. The number of esters is 1. The zero-order valence-electron chi connectivity index (χ0n) is 15.5. The Morgan fingerprint density at radius 3 is 2.50 bits per heavy atom. The molecule has 0 saturated heterocycles. The van der Waals surface area contributed by atoms with E-state index in [1.165, 1.54) is 18.3 Å². The normalized spacial score (nSPS) is 11.0. The summed E-state index contributed by atoms with van der Waals surface area (Å²) >= 11 is 1.17. The van der Waals surface area contributed by atoms with Gasteiger partial charge in [-0.25, -0.2) is 13.6 Å². The van der Waals surface area contributed by atoms with Crippen LogP contribution >= 0.6 is 11.3 Å². The fraction of sp³-hybridized carbons (Fsp3) is 0.438. The first-order valence-corrected chi connectivity index (χ1v) is 8.96. The molecule has 0 atom stereocenters. The number of carbonyl (C=O) groups is 2. The van der Waals surface area contributed by atoms with Crippen LogP contribution in [0.3, 0.4) is 0 Å². The van der Waals surface area contributed by atoms with Crippen molar-refractivity contribution in [3.63, 3.8) is 0 Å². The van der Waals surface area contributed by atoms with Crippen molar-refractivity contribution in [1.29, 1.82) is 0 Å². The molecular formula is C16H18F2N4O5S. The van der Waals surface area contributed by atoms with E-state index in [0.29, 0.717) is 5.56 Å². The first kappa shape index (κ1) is 21.4. The predicted molar refractivity (Wildman–Crippen MR) is 97.0 cm³/mol. The predicted octanol–water partition coefficient (Wildman–Crippen LogP) is 3.53. The molecule has 0 saturated carbocycles. The quantitative estimate of drug-likeness (QED) is 0.419. The Hall–Kier alpha value is -2.89. The molecular weight excluding hydrogens is 398 g/mol. The highest BCUT2D eigenvalue weighted by Gasteiger charge is 2.31. The van der Waals surface area contributed by atoms with Crippen LogP contribution in [-0.4, -0.2) is 33.2 Å². The Balaban J connectivity index is 2.29. The van der Waals surface area contributed by atoms with Gasteiger partial charge in [0.1, 0.15) is 17.2 Å². The number of rotatable bonds is 7. The van der Waals surface area contributed by atoms with Crippen molar-refractivity contribution in [2.24, 2.45) is 0 Å². The molecule has 0 spiro atoms. The Labute approximate surface area is 162 Å². The van der Waals surface area contributed by atoms with Crippen LogP contribution in [0.25, 0.3) is 0 Å². The van der Waals surface area contributed by atoms with E-state index in [9.17, 15) is 28.5 Å². The van der Waals surface area contributed by atoms with Gasteiger partial charge < -0.3 is 10.1 Å². The zero-order chi connectivity index (χ0) is 21.2. The van der Waals surface area contributed by atoms with Crippen LogP contribution in [0.1, 0.15) is 45.5 Å². The number of nitro groups is 1. The van der Waals surface area contributed by atoms with Crippen LogP contribution in [0.5, 0.6) is 0 Å². The van der Waals surface area contributed by atoms with E-state index in [0.717, 1.165) is 9.56 Å². The molecule has 0 aliphatic rings. The second-order valence-corrected chi connectivity index (χ2v) is 7.02. The Kier molecular flexibility index (Phi) is 6.44. The third-order valence-electron chi connectivity index (χ3n) is 4.00. The maximum absolute atomic E-state index is 13.0. The van der Waals surface area contributed by atoms with Crippen LogP contribution in [0, 0.1) is 30.9 Å². The zero-order valence-corrected chi connectivity index (χ0v) is 16.4. The topological polar surface area (TPSA) is 116 Å². The molecule has 12 heteroatoms. The van der Waals surface area contributed by atoms with Gasteiger partial charge in [-0.05, 0) is 33.3 Å². The molecule has 2 heterocycles. The lowest BCUT2D eigenvalue weighted by atomic mass is 10.1. The highest BCUT2D eigenvalue weighted by molar-refractivity contribution is 7.16. The van der Waals surface area contributed by atoms with Gasteiger partial charge in [0.25, 0.3) is 6.43 Å². The number of amides is 1. The summed E-state index contributed by atoms with van der Waals surface area (Å²) in [5, 5.41) is 17.3. The fourth-order valence-electron chi connectivity index (χ4n) is 2.55. The monoisotopic (exact) mass is 416 g/mol. The number of hydrogen-bond donors (Lipinski definition) is 1. The maximum atomic E-state index is 13.0. The molecule has 0 aliphatic carbocycles. The van der Waals surface area contributed by atoms with E-state index in [1.807, 2.05) is 0 Å². The van der Waals surface area contributed by atoms with Gasteiger partial charge in [0.2, 0.25) is 11.6 Å². The third-order valence-corrected chi connectivity index (χ3v) is 5.12. The average Bonchev–Trinajstić information content (AvgIpc) is 3.05. The number of aromatic nitrogens is 2. The van der Waals surface area contributed by atoms with Crippen LogP contribution in [0.2, 0.25) is 0 Å². The summed E-state index contributed by atoms with van der Waals surface area (Å²) < 4.78 is 31.8. The standard InChI is InChI=1S/C16H18F2N4O5S/c1-5-27-16(24)11-7(2)9(4)28-15(11)19-10(23)6-21-8(3)13(22(25)26)12(20-21)14(17)18/h14H,5-6H2,1-4H3,(H,19,23). The number of anilines is 1. The summed E-state index contributed by atoms with van der Waals surface area (Å²) in [5.41, 5.74) is -1.11. The molecule has 2 rings (SSSR count). The summed E-state index contributed by atoms with van der Waals surface area (Å²) in [7, 11) is 0. The van der Waals surface area contributed by atoms with Gasteiger partial charge in [-0.3, -0.25) is 19.6 Å². The van der Waals surface area contributed by atoms with Gasteiger partial charge in [-0.2, -0.15) is 5.10 Å². The minimum Gasteiger partial charge on any atom is -0.462 e. The lowest BCUT2D eigenvalue weighted by Gasteiger charge is -2.08. The largest absolute Gasteiger partial charge is 0.462 e. The van der Waals surface area contributed by atoms with E-state index in [4.69, 9.17) is 4.74 Å². The van der Waals surface area contributed by atoms with Crippen molar-refractivity contribution in [2.45, 2.75) is 40.7 Å². The lowest BCUT2D eigenvalue weighted by Crippen LogP contribution is -2.21. The number of nitrogens with zero attached hydrogens (tertiary/aromatic N) is 3. The molecule has 1 N–H and O–H groups in total. The molecule has 0 bridgehead atoms. The van der Waals surface area contributed by atoms with Crippen LogP contribution in [0.15, 0.2) is 0 Å². The number of aryl methyl sites for hydroxylation is 1. The number of hydrogen-bond acceptors (Lipinski definition) is 7. The van der Waals surface area contributed by atoms with Gasteiger partial charge in [0.15, 0.2) is 0 Å². The summed E-state index contributed by atoms with van der Waals surface area (Å²) in [6, 6.07) is 0. The molecule has 9 nitrogen and oxygen atoms in total. The third kappa shape index (κ3) is 4.16. The van der Waals surface area contributed by atoms with Crippen LogP contribution < -0.4 is 5.32 Å². The minimum atomic E-state index is -3.15. The van der Waals surface area contributed by atoms with Crippen LogP contribution in [0.4, 0.5) is 19.5 Å². The molecule has 0 aliphatic heterocycles. The van der Waals surface area contributed by atoms with E-state index >= 15 is 0 Å². The average molecular weight is 416 g/mol. The molecule has 2 aromatic rings. The van der Waals surface area contributed by atoms with Crippen molar-refractivity contribution in [1.82, 2.24) is 9.78 Å². The molecule has 0 radical (unpaired) electrons. The van der Waals surface area contributed by atoms with E-state index in [-0.39, 0.29) is 22.9 Å². The molecule has 2 aromatic heterocycles. The summed E-state index contributed by atoms with van der Waals surface area (Å²) in [5.74, 6) is -1.27. The Bertz CT molecular complexity index is 938. The van der Waals surface area contributed by atoms with E-state index in [1.54, 1.807) is 20.8 Å². The fourth-order valence-corrected chi connectivity index (χ4v) is 3.62. The Morgan fingerprint density at radius 1 is 1.36 bits per heavy atom. The molecule has 0 fully saturated rings. The van der Waals surface area contributed by atoms with Crippen molar-refractivity contribution >= 4 is 33.9 Å². The molecule has 152 valence electrons. The van der Waals surface area contributed by atoms with Crippen LogP contribution in [-0.2, 0) is 16.1 Å². The van der Waals surface area contributed by atoms with Gasteiger partial charge in [0, 0.05) is 4.88 Å². The minimum absolute atomic E-state index is 0.160. The smallest absolute Gasteiger partial charge is 0.341 e. The van der Waals surface area contributed by atoms with Crippen molar-refractivity contribution in [3.05, 3.63) is 37.5 Å². The van der Waals surface area contributed by atoms with Gasteiger partial charge in [0.05, 0.1) is 17.1 Å². The van der Waals surface area contributed by atoms with Gasteiger partial charge in [-0.1, -0.05) is 0 Å². The number of nitrogens with one attached hydrogen (secondary N) is 1.